The van der Waals surface area contributed by atoms with Gasteiger partial charge in [-0.25, -0.2) is 13.6 Å². The summed E-state index contributed by atoms with van der Waals surface area (Å²) in [5, 5.41) is 2.84. The van der Waals surface area contributed by atoms with Gasteiger partial charge in [0.1, 0.15) is 18.2 Å². The first-order valence-corrected chi connectivity index (χ1v) is 6.96. The van der Waals surface area contributed by atoms with Crippen molar-refractivity contribution in [1.29, 1.82) is 0 Å². The van der Waals surface area contributed by atoms with E-state index in [0.29, 0.717) is 5.75 Å². The molecule has 0 spiro atoms. The summed E-state index contributed by atoms with van der Waals surface area (Å²) in [5.74, 6) is -0.849. The van der Waals surface area contributed by atoms with Gasteiger partial charge in [0.15, 0.2) is 5.67 Å². The Kier molecular flexibility index (Phi) is 3.57. The van der Waals surface area contributed by atoms with E-state index in [0.717, 1.165) is 24.5 Å². The topological polar surface area (TPSA) is 47.6 Å². The molecule has 0 bridgehead atoms. The fourth-order valence-corrected chi connectivity index (χ4v) is 2.38. The maximum atomic E-state index is 14.0. The zero-order chi connectivity index (χ0) is 15.0. The summed E-state index contributed by atoms with van der Waals surface area (Å²) in [6.45, 7) is 0.375. The van der Waals surface area contributed by atoms with Crippen LogP contribution in [0.4, 0.5) is 8.78 Å². The lowest BCUT2D eigenvalue weighted by molar-refractivity contribution is 0.0341. The van der Waals surface area contributed by atoms with Crippen molar-refractivity contribution < 1.29 is 23.0 Å². The lowest BCUT2D eigenvalue weighted by atomic mass is 10.0. The molecule has 1 saturated heterocycles. The first-order chi connectivity index (χ1) is 10.0. The van der Waals surface area contributed by atoms with Gasteiger partial charge < -0.3 is 14.8 Å². The summed E-state index contributed by atoms with van der Waals surface area (Å²) in [4.78, 5) is 11.5. The number of methoxy groups -OCH3 is 1. The van der Waals surface area contributed by atoms with Gasteiger partial charge in [-0.3, -0.25) is 0 Å². The highest BCUT2D eigenvalue weighted by molar-refractivity contribution is 5.90. The van der Waals surface area contributed by atoms with Crippen molar-refractivity contribution >= 4 is 5.97 Å². The monoisotopic (exact) mass is 297 g/mol. The minimum Gasteiger partial charge on any atom is -0.490 e. The summed E-state index contributed by atoms with van der Waals surface area (Å²) in [6, 6.07) is 2.63. The Morgan fingerprint density at radius 3 is 2.67 bits per heavy atom. The van der Waals surface area contributed by atoms with Crippen molar-refractivity contribution in [2.75, 3.05) is 26.8 Å². The molecular weight excluding hydrogens is 280 g/mol. The van der Waals surface area contributed by atoms with E-state index < -0.39 is 17.5 Å². The highest BCUT2D eigenvalue weighted by Crippen LogP contribution is 2.45. The number of alkyl halides is 1. The number of esters is 1. The van der Waals surface area contributed by atoms with Crippen LogP contribution in [0, 0.1) is 5.82 Å². The van der Waals surface area contributed by atoms with E-state index >= 15 is 0 Å². The van der Waals surface area contributed by atoms with E-state index in [9.17, 15) is 13.6 Å². The Hall–Kier alpha value is -1.69. The molecule has 6 heteroatoms. The molecule has 1 heterocycles. The van der Waals surface area contributed by atoms with Gasteiger partial charge in [-0.15, -0.1) is 0 Å². The Labute approximate surface area is 121 Å². The van der Waals surface area contributed by atoms with E-state index in [1.165, 1.54) is 13.2 Å². The third kappa shape index (κ3) is 2.85. The molecular formula is C15H17F2NO3. The van der Waals surface area contributed by atoms with Crippen LogP contribution in [0.25, 0.3) is 0 Å². The highest BCUT2D eigenvalue weighted by Gasteiger charge is 2.38. The van der Waals surface area contributed by atoms with Crippen molar-refractivity contribution in [3.63, 3.8) is 0 Å². The van der Waals surface area contributed by atoms with Gasteiger partial charge in [-0.05, 0) is 30.4 Å². The highest BCUT2D eigenvalue weighted by atomic mass is 19.1. The first-order valence-electron chi connectivity index (χ1n) is 6.96. The predicted octanol–water partition coefficient (Wildman–Crippen LogP) is 2.18. The summed E-state index contributed by atoms with van der Waals surface area (Å²) in [6.07, 6.45) is 1.93. The fraction of sp³-hybridized carbons (Fsp3) is 0.533. The average Bonchev–Trinajstić information content (AvgIpc) is 3.26. The van der Waals surface area contributed by atoms with Crippen molar-refractivity contribution in [2.45, 2.75) is 24.4 Å². The normalized spacial score (nSPS) is 19.8. The molecule has 114 valence electrons. The van der Waals surface area contributed by atoms with E-state index in [1.807, 2.05) is 0 Å². The SMILES string of the molecule is COC(=O)c1cc(C2CC2)c(OCC2(F)CNC2)cc1F. The first kappa shape index (κ1) is 14.3. The van der Waals surface area contributed by atoms with Gasteiger partial charge in [-0.2, -0.15) is 0 Å². The number of nitrogens with one attached hydrogen (secondary N) is 1. The molecule has 1 aliphatic carbocycles. The Morgan fingerprint density at radius 1 is 1.43 bits per heavy atom. The van der Waals surface area contributed by atoms with Crippen LogP contribution in [-0.4, -0.2) is 38.4 Å². The van der Waals surface area contributed by atoms with Gasteiger partial charge in [-0.1, -0.05) is 0 Å². The van der Waals surface area contributed by atoms with Gasteiger partial charge in [0, 0.05) is 19.2 Å². The molecule has 3 rings (SSSR count). The van der Waals surface area contributed by atoms with Gasteiger partial charge in [0.25, 0.3) is 0 Å². The number of hydrogen-bond acceptors (Lipinski definition) is 4. The largest absolute Gasteiger partial charge is 0.490 e. The summed E-state index contributed by atoms with van der Waals surface area (Å²) in [7, 11) is 1.21. The molecule has 2 aliphatic rings. The summed E-state index contributed by atoms with van der Waals surface area (Å²) in [5.41, 5.74) is -0.738. The number of benzene rings is 1. The zero-order valence-corrected chi connectivity index (χ0v) is 11.7. The molecule has 1 saturated carbocycles. The van der Waals surface area contributed by atoms with E-state index in [4.69, 9.17) is 4.74 Å². The second-order valence-electron chi connectivity index (χ2n) is 5.68. The van der Waals surface area contributed by atoms with Gasteiger partial charge >= 0.3 is 5.97 Å². The van der Waals surface area contributed by atoms with Crippen LogP contribution < -0.4 is 10.1 Å². The molecule has 1 aliphatic heterocycles. The number of rotatable bonds is 5. The lowest BCUT2D eigenvalue weighted by Crippen LogP contribution is -2.59. The molecule has 4 nitrogen and oxygen atoms in total. The number of carbonyl (C=O) groups is 1. The second kappa shape index (κ2) is 5.26. The zero-order valence-electron chi connectivity index (χ0n) is 11.7. The summed E-state index contributed by atoms with van der Waals surface area (Å²) >= 11 is 0. The number of hydrogen-bond donors (Lipinski definition) is 1. The maximum Gasteiger partial charge on any atom is 0.340 e. The van der Waals surface area contributed by atoms with E-state index in [2.05, 4.69) is 10.1 Å². The summed E-state index contributed by atoms with van der Waals surface area (Å²) < 4.78 is 38.0. The number of halogens is 2. The predicted molar refractivity (Wildman–Crippen MR) is 71.9 cm³/mol. The fourth-order valence-electron chi connectivity index (χ4n) is 2.38. The van der Waals surface area contributed by atoms with Gasteiger partial charge in [0.05, 0.1) is 12.7 Å². The molecule has 1 N–H and O–H groups in total. The van der Waals surface area contributed by atoms with Gasteiger partial charge in [0.2, 0.25) is 0 Å². The minimum atomic E-state index is -1.39. The molecule has 0 radical (unpaired) electrons. The quantitative estimate of drug-likeness (QED) is 0.846. The van der Waals surface area contributed by atoms with Crippen molar-refractivity contribution in [1.82, 2.24) is 5.32 Å². The molecule has 21 heavy (non-hydrogen) atoms. The van der Waals surface area contributed by atoms with E-state index in [1.54, 1.807) is 0 Å². The number of carbonyl (C=O) groups excluding carboxylic acids is 1. The molecule has 0 amide bonds. The molecule has 2 fully saturated rings. The Balaban J connectivity index is 1.84. The van der Waals surface area contributed by atoms with Crippen LogP contribution in [0.15, 0.2) is 12.1 Å². The minimum absolute atomic E-state index is 0.105. The third-order valence-electron chi connectivity index (χ3n) is 3.89. The van der Waals surface area contributed by atoms with E-state index in [-0.39, 0.29) is 31.2 Å². The van der Waals surface area contributed by atoms with Crippen LogP contribution in [0.5, 0.6) is 5.75 Å². The molecule has 1 aromatic carbocycles. The Bertz CT molecular complexity index is 568. The van der Waals surface area contributed by atoms with Crippen LogP contribution in [0.1, 0.15) is 34.7 Å². The molecule has 0 unspecified atom stereocenters. The van der Waals surface area contributed by atoms with Crippen molar-refractivity contribution in [3.8, 4) is 5.75 Å². The van der Waals surface area contributed by atoms with Crippen LogP contribution in [0.3, 0.4) is 0 Å². The molecule has 0 aromatic heterocycles. The molecule has 0 atom stereocenters. The smallest absolute Gasteiger partial charge is 0.340 e. The van der Waals surface area contributed by atoms with Crippen LogP contribution >= 0.6 is 0 Å². The second-order valence-corrected chi connectivity index (χ2v) is 5.68. The van der Waals surface area contributed by atoms with Crippen molar-refractivity contribution in [2.24, 2.45) is 0 Å². The standard InChI is InChI=1S/C15H17F2NO3/c1-20-14(19)11-4-10(9-2-3-9)13(5-12(11)16)21-8-15(17)6-18-7-15/h4-5,9,18H,2-3,6-8H2,1H3. The average molecular weight is 297 g/mol. The third-order valence-corrected chi connectivity index (χ3v) is 3.89. The van der Waals surface area contributed by atoms with Crippen LogP contribution in [0.2, 0.25) is 0 Å². The maximum absolute atomic E-state index is 14.0. The lowest BCUT2D eigenvalue weighted by Gasteiger charge is -2.34. The Morgan fingerprint density at radius 2 is 2.14 bits per heavy atom. The van der Waals surface area contributed by atoms with Crippen LogP contribution in [-0.2, 0) is 4.74 Å². The van der Waals surface area contributed by atoms with Crippen molar-refractivity contribution in [3.05, 3.63) is 29.1 Å². The number of ether oxygens (including phenoxy) is 2. The molecule has 1 aromatic rings.